The van der Waals surface area contributed by atoms with Crippen molar-refractivity contribution in [2.24, 2.45) is 0 Å². The number of halogens is 1. The van der Waals surface area contributed by atoms with Gasteiger partial charge >= 0.3 is 0 Å². The summed E-state index contributed by atoms with van der Waals surface area (Å²) >= 11 is 3.51. The Morgan fingerprint density at radius 2 is 2.05 bits per heavy atom. The first-order valence-corrected chi connectivity index (χ1v) is 8.09. The molecule has 1 aromatic carbocycles. The molecule has 0 aliphatic carbocycles. The number of anilines is 1. The molecule has 1 heterocycles. The van der Waals surface area contributed by atoms with Gasteiger partial charge in [0.1, 0.15) is 5.75 Å². The van der Waals surface area contributed by atoms with E-state index in [9.17, 15) is 4.79 Å². The highest BCUT2D eigenvalue weighted by Gasteiger charge is 2.45. The Labute approximate surface area is 135 Å². The Morgan fingerprint density at radius 3 is 2.57 bits per heavy atom. The van der Waals surface area contributed by atoms with Crippen LogP contribution in [0, 0.1) is 0 Å². The highest BCUT2D eigenvalue weighted by atomic mass is 79.9. The number of hydrogen-bond acceptors (Lipinski definition) is 2. The molecule has 0 N–H and O–H groups in total. The molecule has 116 valence electrons. The van der Waals surface area contributed by atoms with Crippen LogP contribution < -0.4 is 9.64 Å². The number of hydrogen-bond donors (Lipinski definition) is 0. The molecule has 0 spiro atoms. The molecule has 1 aliphatic rings. The van der Waals surface area contributed by atoms with Crippen molar-refractivity contribution in [2.75, 3.05) is 12.0 Å². The molecule has 1 aliphatic heterocycles. The second-order valence-corrected chi connectivity index (χ2v) is 8.91. The van der Waals surface area contributed by atoms with Crippen LogP contribution in [0.15, 0.2) is 18.2 Å². The van der Waals surface area contributed by atoms with Crippen LogP contribution >= 0.6 is 15.9 Å². The predicted octanol–water partition coefficient (Wildman–Crippen LogP) is 4.49. The number of carbonyl (C=O) groups is 1. The van der Waals surface area contributed by atoms with Gasteiger partial charge < -0.3 is 9.64 Å². The number of amides is 1. The number of benzene rings is 1. The predicted molar refractivity (Wildman–Crippen MR) is 90.6 cm³/mol. The summed E-state index contributed by atoms with van der Waals surface area (Å²) in [4.78, 5) is 14.9. The number of carbonyl (C=O) groups excluding carboxylic acids is 1. The summed E-state index contributed by atoms with van der Waals surface area (Å²) in [6.45, 7) is 10.2. The Hall–Kier alpha value is -1.03. The molecule has 0 saturated carbocycles. The molecule has 0 bridgehead atoms. The minimum atomic E-state index is -0.608. The van der Waals surface area contributed by atoms with Crippen molar-refractivity contribution in [1.82, 2.24) is 0 Å². The lowest BCUT2D eigenvalue weighted by Gasteiger charge is -2.48. The van der Waals surface area contributed by atoms with Crippen molar-refractivity contribution in [3.8, 4) is 5.75 Å². The third-order valence-corrected chi connectivity index (χ3v) is 4.47. The Bertz CT molecular complexity index is 560. The number of para-hydroxylation sites is 1. The number of rotatable bonds is 2. The van der Waals surface area contributed by atoms with Gasteiger partial charge in [0.05, 0.1) is 17.1 Å². The standard InChI is InChI=1S/C17H24BrNO2/c1-11-10-16(2,3)19(15(20)17(4,5)18)14-12(11)8-7-9-13(14)21-6/h7-9,11H,10H2,1-6H3. The molecule has 1 aromatic rings. The van der Waals surface area contributed by atoms with E-state index in [1.54, 1.807) is 7.11 Å². The molecule has 0 fully saturated rings. The third kappa shape index (κ3) is 2.83. The number of fused-ring (bicyclic) bond motifs is 1. The van der Waals surface area contributed by atoms with Crippen molar-refractivity contribution in [2.45, 2.75) is 56.8 Å². The number of methoxy groups -OCH3 is 1. The first-order chi connectivity index (χ1) is 9.59. The Balaban J connectivity index is 2.69. The Morgan fingerprint density at radius 1 is 1.43 bits per heavy atom. The molecular formula is C17H24BrNO2. The van der Waals surface area contributed by atoms with Crippen LogP contribution in [0.25, 0.3) is 0 Å². The lowest BCUT2D eigenvalue weighted by atomic mass is 9.79. The summed E-state index contributed by atoms with van der Waals surface area (Å²) in [5.41, 5.74) is 1.85. The zero-order valence-corrected chi connectivity index (χ0v) is 15.2. The largest absolute Gasteiger partial charge is 0.495 e. The third-order valence-electron chi connectivity index (χ3n) is 4.13. The van der Waals surface area contributed by atoms with Gasteiger partial charge in [0.15, 0.2) is 0 Å². The maximum absolute atomic E-state index is 13.0. The summed E-state index contributed by atoms with van der Waals surface area (Å²) in [5, 5.41) is 0. The van der Waals surface area contributed by atoms with Crippen LogP contribution in [0.5, 0.6) is 5.75 Å². The fraction of sp³-hybridized carbons (Fsp3) is 0.588. The van der Waals surface area contributed by atoms with Gasteiger partial charge in [-0.05, 0) is 51.7 Å². The maximum Gasteiger partial charge on any atom is 0.243 e. The highest BCUT2D eigenvalue weighted by molar-refractivity contribution is 9.10. The van der Waals surface area contributed by atoms with Gasteiger partial charge in [0, 0.05) is 5.54 Å². The number of nitrogens with zero attached hydrogens (tertiary/aromatic N) is 1. The van der Waals surface area contributed by atoms with Crippen LogP contribution in [0.3, 0.4) is 0 Å². The van der Waals surface area contributed by atoms with Gasteiger partial charge in [-0.3, -0.25) is 4.79 Å². The summed E-state index contributed by atoms with van der Waals surface area (Å²) in [5.74, 6) is 1.22. The van der Waals surface area contributed by atoms with Gasteiger partial charge in [-0.1, -0.05) is 35.0 Å². The van der Waals surface area contributed by atoms with Gasteiger partial charge in [-0.25, -0.2) is 0 Å². The molecule has 3 nitrogen and oxygen atoms in total. The molecule has 1 unspecified atom stereocenters. The molecule has 1 amide bonds. The lowest BCUT2D eigenvalue weighted by Crippen LogP contribution is -2.56. The maximum atomic E-state index is 13.0. The SMILES string of the molecule is COc1cccc2c1N(C(=O)C(C)(C)Br)C(C)(C)CC2C. The monoisotopic (exact) mass is 353 g/mol. The van der Waals surface area contributed by atoms with Crippen molar-refractivity contribution < 1.29 is 9.53 Å². The average Bonchev–Trinajstić information content (AvgIpc) is 2.35. The summed E-state index contributed by atoms with van der Waals surface area (Å²) in [7, 11) is 1.66. The van der Waals surface area contributed by atoms with E-state index in [2.05, 4.69) is 42.8 Å². The zero-order chi connectivity index (χ0) is 16.0. The van der Waals surface area contributed by atoms with Gasteiger partial charge in [-0.15, -0.1) is 0 Å². The molecule has 21 heavy (non-hydrogen) atoms. The van der Waals surface area contributed by atoms with Crippen LogP contribution in [0.4, 0.5) is 5.69 Å². The van der Waals surface area contributed by atoms with E-state index in [1.165, 1.54) is 5.56 Å². The molecular weight excluding hydrogens is 330 g/mol. The van der Waals surface area contributed by atoms with E-state index in [1.807, 2.05) is 30.9 Å². The normalized spacial score (nSPS) is 20.9. The zero-order valence-electron chi connectivity index (χ0n) is 13.7. The van der Waals surface area contributed by atoms with Crippen LogP contribution in [-0.2, 0) is 4.79 Å². The van der Waals surface area contributed by atoms with Crippen LogP contribution in [0.1, 0.15) is 52.5 Å². The summed E-state index contributed by atoms with van der Waals surface area (Å²) in [6.07, 6.45) is 0.933. The highest BCUT2D eigenvalue weighted by Crippen LogP contribution is 2.48. The van der Waals surface area contributed by atoms with Crippen LogP contribution in [-0.4, -0.2) is 22.9 Å². The number of ether oxygens (including phenoxy) is 1. The lowest BCUT2D eigenvalue weighted by molar-refractivity contribution is -0.121. The second-order valence-electron chi connectivity index (χ2n) is 6.93. The van der Waals surface area contributed by atoms with E-state index >= 15 is 0 Å². The number of alkyl halides is 1. The summed E-state index contributed by atoms with van der Waals surface area (Å²) in [6, 6.07) is 6.02. The topological polar surface area (TPSA) is 29.5 Å². The molecule has 2 rings (SSSR count). The molecule has 0 saturated heterocycles. The van der Waals surface area contributed by atoms with E-state index in [-0.39, 0.29) is 11.4 Å². The average molecular weight is 354 g/mol. The van der Waals surface area contributed by atoms with E-state index in [4.69, 9.17) is 4.74 Å². The van der Waals surface area contributed by atoms with Crippen molar-refractivity contribution in [3.05, 3.63) is 23.8 Å². The Kier molecular flexibility index (Phi) is 4.13. The minimum Gasteiger partial charge on any atom is -0.495 e. The first kappa shape index (κ1) is 16.3. The fourth-order valence-electron chi connectivity index (χ4n) is 3.24. The molecule has 0 aromatic heterocycles. The van der Waals surface area contributed by atoms with Crippen molar-refractivity contribution in [1.29, 1.82) is 0 Å². The molecule has 4 heteroatoms. The molecule has 0 radical (unpaired) electrons. The van der Waals surface area contributed by atoms with E-state index in [0.29, 0.717) is 5.92 Å². The van der Waals surface area contributed by atoms with Crippen molar-refractivity contribution >= 4 is 27.5 Å². The molecule has 1 atom stereocenters. The smallest absolute Gasteiger partial charge is 0.243 e. The van der Waals surface area contributed by atoms with Crippen molar-refractivity contribution in [3.63, 3.8) is 0 Å². The minimum absolute atomic E-state index is 0.0603. The van der Waals surface area contributed by atoms with Gasteiger partial charge in [0.25, 0.3) is 0 Å². The van der Waals surface area contributed by atoms with Gasteiger partial charge in [0.2, 0.25) is 5.91 Å². The fourth-order valence-corrected chi connectivity index (χ4v) is 3.41. The van der Waals surface area contributed by atoms with E-state index in [0.717, 1.165) is 17.9 Å². The quantitative estimate of drug-likeness (QED) is 0.733. The van der Waals surface area contributed by atoms with E-state index < -0.39 is 4.32 Å². The first-order valence-electron chi connectivity index (χ1n) is 7.30. The summed E-state index contributed by atoms with van der Waals surface area (Å²) < 4.78 is 4.93. The van der Waals surface area contributed by atoms with Gasteiger partial charge in [-0.2, -0.15) is 0 Å². The second kappa shape index (κ2) is 5.31. The van der Waals surface area contributed by atoms with Crippen LogP contribution in [0.2, 0.25) is 0 Å².